The summed E-state index contributed by atoms with van der Waals surface area (Å²) in [5.74, 6) is -0.277. The Hall–Kier alpha value is -3.64. The quantitative estimate of drug-likeness (QED) is 0.425. The van der Waals surface area contributed by atoms with Crippen LogP contribution >= 0.6 is 0 Å². The van der Waals surface area contributed by atoms with Crippen molar-refractivity contribution < 1.29 is 41.0 Å². The largest absolute Gasteiger partial charge is 0.465 e. The van der Waals surface area contributed by atoms with Gasteiger partial charge in [-0.3, -0.25) is 9.48 Å². The third kappa shape index (κ3) is 7.51. The Kier molecular flexibility index (Phi) is 9.47. The molecular weight excluding hydrogens is 555 g/mol. The molecule has 2 atom stereocenters. The van der Waals surface area contributed by atoms with Gasteiger partial charge in [0.2, 0.25) is 5.91 Å². The summed E-state index contributed by atoms with van der Waals surface area (Å²) in [6, 6.07) is 5.05. The minimum Gasteiger partial charge on any atom is -0.465 e. The maximum Gasteiger partial charge on any atom is 0.417 e. The molecule has 40 heavy (non-hydrogen) atoms. The summed E-state index contributed by atoms with van der Waals surface area (Å²) in [5, 5.41) is 24.3. The standard InChI is InChI=1S/C20H24F3N3O4S.C5H6N2O2/c1-3-24-19(27)12-26-11-14(10-25-26)13-4-7-18(17(8-13)20(21,22)23)31(28,29)16-6-5-15(9-16)30-2;6-3-5(1-2-5)7-4(8)9/h4,7-8,10-11,15-16H,3,5-6,9,12H2,1-2H3,(H,24,27);7H,1-2H2,(H,8,9)/t15-,16-;/m0./s1. The molecule has 1 aromatic carbocycles. The molecule has 2 aromatic rings. The SMILES string of the molecule is CCNC(=O)Cn1cc(-c2ccc(S(=O)(=O)[C@H]3CC[C@H](OC)C3)c(C(F)(F)F)c2)cn1.N#CC1(NC(=O)O)CC1. The molecule has 1 heterocycles. The number of nitriles is 1. The summed E-state index contributed by atoms with van der Waals surface area (Å²) >= 11 is 0. The Balaban J connectivity index is 0.000000415. The summed E-state index contributed by atoms with van der Waals surface area (Å²) in [7, 11) is -2.73. The molecule has 2 fully saturated rings. The number of hydrogen-bond donors (Lipinski definition) is 3. The first-order chi connectivity index (χ1) is 18.7. The fourth-order valence-corrected chi connectivity index (χ4v) is 6.36. The van der Waals surface area contributed by atoms with E-state index in [-0.39, 0.29) is 37.0 Å². The van der Waals surface area contributed by atoms with Crippen LogP contribution in [0.4, 0.5) is 18.0 Å². The van der Waals surface area contributed by atoms with E-state index in [1.165, 1.54) is 30.3 Å². The lowest BCUT2D eigenvalue weighted by molar-refractivity contribution is -0.139. The highest BCUT2D eigenvalue weighted by atomic mass is 32.2. The zero-order valence-corrected chi connectivity index (χ0v) is 22.7. The predicted molar refractivity (Wildman–Crippen MR) is 136 cm³/mol. The summed E-state index contributed by atoms with van der Waals surface area (Å²) in [6.07, 6.45) is -1.25. The van der Waals surface area contributed by atoms with E-state index in [9.17, 15) is 31.2 Å². The Morgan fingerprint density at radius 2 is 1.98 bits per heavy atom. The number of aromatic nitrogens is 2. The second-order valence-electron chi connectivity index (χ2n) is 9.55. The molecule has 0 aliphatic heterocycles. The van der Waals surface area contributed by atoms with Crippen molar-refractivity contribution >= 4 is 21.8 Å². The Bertz CT molecular complexity index is 1380. The first-order valence-electron chi connectivity index (χ1n) is 12.4. The number of carbonyl (C=O) groups is 2. The average molecular weight is 586 g/mol. The van der Waals surface area contributed by atoms with Crippen LogP contribution in [0.2, 0.25) is 0 Å². The topological polar surface area (TPSA) is 163 Å². The van der Waals surface area contributed by atoms with Crippen LogP contribution in [-0.2, 0) is 32.1 Å². The molecule has 11 nitrogen and oxygen atoms in total. The van der Waals surface area contributed by atoms with E-state index in [2.05, 4.69) is 15.7 Å². The van der Waals surface area contributed by atoms with E-state index in [0.717, 1.165) is 12.1 Å². The van der Waals surface area contributed by atoms with Crippen molar-refractivity contribution in [3.05, 3.63) is 36.2 Å². The van der Waals surface area contributed by atoms with E-state index in [0.29, 0.717) is 31.4 Å². The monoisotopic (exact) mass is 585 g/mol. The van der Waals surface area contributed by atoms with Gasteiger partial charge in [-0.05, 0) is 56.7 Å². The fraction of sp³-hybridized carbons (Fsp3) is 0.520. The van der Waals surface area contributed by atoms with Crippen molar-refractivity contribution in [2.45, 2.75) is 73.5 Å². The van der Waals surface area contributed by atoms with Gasteiger partial charge in [0.05, 0.1) is 34.1 Å². The highest BCUT2D eigenvalue weighted by Gasteiger charge is 2.45. The van der Waals surface area contributed by atoms with Gasteiger partial charge >= 0.3 is 12.3 Å². The number of ether oxygens (including phenoxy) is 1. The number of carbonyl (C=O) groups excluding carboxylic acids is 1. The molecule has 2 amide bonds. The zero-order valence-electron chi connectivity index (χ0n) is 21.9. The smallest absolute Gasteiger partial charge is 0.417 e. The van der Waals surface area contributed by atoms with E-state index in [1.807, 2.05) is 6.07 Å². The van der Waals surface area contributed by atoms with Crippen LogP contribution in [-0.4, -0.2) is 65.9 Å². The van der Waals surface area contributed by atoms with Crippen molar-refractivity contribution in [2.24, 2.45) is 0 Å². The number of rotatable bonds is 8. The van der Waals surface area contributed by atoms with Gasteiger partial charge in [0.25, 0.3) is 0 Å². The predicted octanol–water partition coefficient (Wildman–Crippen LogP) is 3.36. The number of alkyl halides is 3. The van der Waals surface area contributed by atoms with Gasteiger partial charge in [0.1, 0.15) is 12.1 Å². The third-order valence-corrected chi connectivity index (χ3v) is 8.93. The lowest BCUT2D eigenvalue weighted by atomic mass is 10.1. The van der Waals surface area contributed by atoms with Gasteiger partial charge in [0, 0.05) is 25.4 Å². The van der Waals surface area contributed by atoms with E-state index >= 15 is 0 Å². The summed E-state index contributed by atoms with van der Waals surface area (Å²) in [5.41, 5.74) is -1.43. The minimum atomic E-state index is -4.85. The van der Waals surface area contributed by atoms with Crippen molar-refractivity contribution in [2.75, 3.05) is 13.7 Å². The molecule has 0 radical (unpaired) electrons. The van der Waals surface area contributed by atoms with Crippen molar-refractivity contribution in [1.29, 1.82) is 5.26 Å². The van der Waals surface area contributed by atoms with E-state index in [1.54, 1.807) is 6.92 Å². The summed E-state index contributed by atoms with van der Waals surface area (Å²) < 4.78 is 73.8. The van der Waals surface area contributed by atoms with Gasteiger partial charge < -0.3 is 20.5 Å². The molecule has 218 valence electrons. The number of hydrogen-bond acceptors (Lipinski definition) is 7. The van der Waals surface area contributed by atoms with Crippen LogP contribution in [0, 0.1) is 11.3 Å². The van der Waals surface area contributed by atoms with Gasteiger partial charge in [-0.2, -0.15) is 23.5 Å². The third-order valence-electron chi connectivity index (χ3n) is 6.66. The number of sulfone groups is 1. The molecular formula is C25H30F3N5O6S. The van der Waals surface area contributed by atoms with Crippen molar-refractivity contribution in [3.8, 4) is 17.2 Å². The first kappa shape index (κ1) is 30.9. The molecule has 2 aliphatic carbocycles. The maximum absolute atomic E-state index is 13.8. The molecule has 0 unspecified atom stereocenters. The Labute approximate surface area is 229 Å². The average Bonchev–Trinajstić information content (AvgIpc) is 3.27. The normalized spacial score (nSPS) is 19.6. The maximum atomic E-state index is 13.8. The van der Waals surface area contributed by atoms with E-state index < -0.39 is 43.4 Å². The lowest BCUT2D eigenvalue weighted by Crippen LogP contribution is -2.33. The van der Waals surface area contributed by atoms with Crippen LogP contribution in [0.15, 0.2) is 35.5 Å². The number of nitrogens with zero attached hydrogens (tertiary/aromatic N) is 3. The van der Waals surface area contributed by atoms with Gasteiger partial charge in [-0.1, -0.05) is 6.07 Å². The minimum absolute atomic E-state index is 0.0746. The molecule has 3 N–H and O–H groups in total. The number of amides is 2. The Morgan fingerprint density at radius 3 is 2.48 bits per heavy atom. The van der Waals surface area contributed by atoms with Gasteiger partial charge in [-0.15, -0.1) is 0 Å². The molecule has 15 heteroatoms. The van der Waals surface area contributed by atoms with E-state index in [4.69, 9.17) is 15.1 Å². The second kappa shape index (κ2) is 12.3. The van der Waals surface area contributed by atoms with Crippen molar-refractivity contribution in [3.63, 3.8) is 0 Å². The van der Waals surface area contributed by atoms with Crippen LogP contribution < -0.4 is 10.6 Å². The number of likely N-dealkylation sites (N-methyl/N-ethyl adjacent to an activating group) is 1. The number of carboxylic acid groups (broad SMARTS) is 1. The van der Waals surface area contributed by atoms with Crippen molar-refractivity contribution in [1.82, 2.24) is 20.4 Å². The molecule has 4 rings (SSSR count). The molecule has 0 bridgehead atoms. The highest BCUT2D eigenvalue weighted by Crippen LogP contribution is 2.40. The zero-order chi connectivity index (χ0) is 29.7. The summed E-state index contributed by atoms with van der Waals surface area (Å²) in [6.45, 7) is 2.14. The van der Waals surface area contributed by atoms with Crippen LogP contribution in [0.25, 0.3) is 11.1 Å². The summed E-state index contributed by atoms with van der Waals surface area (Å²) in [4.78, 5) is 20.9. The first-order valence-corrected chi connectivity index (χ1v) is 14.0. The highest BCUT2D eigenvalue weighted by molar-refractivity contribution is 7.92. The van der Waals surface area contributed by atoms with Crippen LogP contribution in [0.1, 0.15) is 44.6 Å². The lowest BCUT2D eigenvalue weighted by Gasteiger charge is -2.18. The van der Waals surface area contributed by atoms with Crippen LogP contribution in [0.5, 0.6) is 0 Å². The Morgan fingerprint density at radius 1 is 1.27 bits per heavy atom. The molecule has 1 aromatic heterocycles. The molecule has 0 saturated heterocycles. The number of benzene rings is 1. The van der Waals surface area contributed by atoms with Gasteiger partial charge in [-0.25, -0.2) is 13.2 Å². The number of nitrogens with one attached hydrogen (secondary N) is 2. The fourth-order valence-electron chi connectivity index (χ4n) is 4.35. The molecule has 2 aliphatic rings. The van der Waals surface area contributed by atoms with Gasteiger partial charge in [0.15, 0.2) is 9.84 Å². The second-order valence-corrected chi connectivity index (χ2v) is 11.7. The number of halogens is 3. The molecule has 0 spiro atoms. The number of methoxy groups -OCH3 is 1. The van der Waals surface area contributed by atoms with Crippen LogP contribution in [0.3, 0.4) is 0 Å². The molecule has 2 saturated carbocycles.